The van der Waals surface area contributed by atoms with Gasteiger partial charge in [-0.1, -0.05) is 24.1 Å². The minimum absolute atomic E-state index is 0.144. The molecule has 0 radical (unpaired) electrons. The van der Waals surface area contributed by atoms with Crippen molar-refractivity contribution in [2.75, 3.05) is 6.54 Å². The monoisotopic (exact) mass is 213 g/mol. The molecule has 2 rings (SSSR count). The third-order valence-electron chi connectivity index (χ3n) is 2.34. The Labute approximate surface area is 91.9 Å². The van der Waals surface area contributed by atoms with E-state index in [1.165, 1.54) is 12.1 Å². The molecule has 2 amide bonds. The van der Waals surface area contributed by atoms with Crippen LogP contribution in [0, 0.1) is 12.3 Å². The highest BCUT2D eigenvalue weighted by atomic mass is 16.2. The van der Waals surface area contributed by atoms with Gasteiger partial charge in [0.05, 0.1) is 12.1 Å². The molecule has 1 aliphatic heterocycles. The van der Waals surface area contributed by atoms with Gasteiger partial charge in [0.1, 0.15) is 0 Å². The van der Waals surface area contributed by atoms with E-state index in [1.54, 1.807) is 12.1 Å². The summed E-state index contributed by atoms with van der Waals surface area (Å²) in [6.07, 6.45) is 5.04. The molecule has 0 saturated carbocycles. The third kappa shape index (κ3) is 1.30. The van der Waals surface area contributed by atoms with Crippen LogP contribution in [-0.4, -0.2) is 29.0 Å². The zero-order valence-corrected chi connectivity index (χ0v) is 8.27. The van der Waals surface area contributed by atoms with Crippen molar-refractivity contribution in [3.05, 3.63) is 35.4 Å². The third-order valence-corrected chi connectivity index (χ3v) is 2.34. The predicted octanol–water partition coefficient (Wildman–Crippen LogP) is 0.485. The molecule has 0 bridgehead atoms. The van der Waals surface area contributed by atoms with Gasteiger partial charge in [0, 0.05) is 5.56 Å². The van der Waals surface area contributed by atoms with E-state index in [1.807, 2.05) is 0 Å². The van der Waals surface area contributed by atoms with Gasteiger partial charge in [-0.25, -0.2) is 0 Å². The van der Waals surface area contributed by atoms with Crippen molar-refractivity contribution in [3.8, 4) is 12.3 Å². The Bertz CT molecular complexity index is 539. The number of carbonyl (C=O) groups is 3. The molecule has 0 saturated heterocycles. The summed E-state index contributed by atoms with van der Waals surface area (Å²) in [7, 11) is 0. The van der Waals surface area contributed by atoms with Crippen LogP contribution in [0.2, 0.25) is 0 Å². The van der Waals surface area contributed by atoms with Crippen molar-refractivity contribution >= 4 is 17.6 Å². The molecule has 0 unspecified atom stereocenters. The van der Waals surface area contributed by atoms with Crippen molar-refractivity contribution < 1.29 is 14.4 Å². The molecule has 1 heterocycles. The zero-order chi connectivity index (χ0) is 11.7. The minimum atomic E-state index is -0.860. The molecular weight excluding hydrogens is 206 g/mol. The Morgan fingerprint density at radius 3 is 2.31 bits per heavy atom. The van der Waals surface area contributed by atoms with Crippen molar-refractivity contribution in [3.63, 3.8) is 0 Å². The number of rotatable bonds is 1. The number of hydrogen-bond acceptors (Lipinski definition) is 3. The van der Waals surface area contributed by atoms with Crippen molar-refractivity contribution in [2.24, 2.45) is 0 Å². The number of fused-ring (bicyclic) bond motifs is 1. The second kappa shape index (κ2) is 3.63. The van der Waals surface area contributed by atoms with Crippen molar-refractivity contribution in [1.29, 1.82) is 0 Å². The summed E-state index contributed by atoms with van der Waals surface area (Å²) >= 11 is 0. The number of benzene rings is 1. The Balaban J connectivity index is 2.57. The number of ketones is 1. The summed E-state index contributed by atoms with van der Waals surface area (Å²) in [4.78, 5) is 35.8. The molecule has 4 nitrogen and oxygen atoms in total. The van der Waals surface area contributed by atoms with Gasteiger partial charge in [0.2, 0.25) is 0 Å². The van der Waals surface area contributed by atoms with Crippen LogP contribution >= 0.6 is 0 Å². The lowest BCUT2D eigenvalue weighted by Gasteiger charge is -2.23. The number of hydrogen-bond donors (Lipinski definition) is 0. The minimum Gasteiger partial charge on any atom is -0.283 e. The van der Waals surface area contributed by atoms with Crippen LogP contribution in [0.25, 0.3) is 0 Å². The van der Waals surface area contributed by atoms with E-state index < -0.39 is 17.6 Å². The highest BCUT2D eigenvalue weighted by molar-refractivity contribution is 6.49. The molecule has 4 heteroatoms. The van der Waals surface area contributed by atoms with E-state index in [4.69, 9.17) is 6.42 Å². The molecule has 78 valence electrons. The molecular formula is C12H7NO3. The van der Waals surface area contributed by atoms with Crippen molar-refractivity contribution in [1.82, 2.24) is 4.90 Å². The average molecular weight is 213 g/mol. The van der Waals surface area contributed by atoms with Gasteiger partial charge in [-0.3, -0.25) is 19.3 Å². The maximum absolute atomic E-state index is 11.8. The van der Waals surface area contributed by atoms with Crippen LogP contribution in [0.5, 0.6) is 0 Å². The van der Waals surface area contributed by atoms with Crippen molar-refractivity contribution in [2.45, 2.75) is 0 Å². The van der Waals surface area contributed by atoms with Gasteiger partial charge in [-0.2, -0.15) is 0 Å². The molecule has 1 aromatic rings. The van der Waals surface area contributed by atoms with E-state index in [2.05, 4.69) is 5.92 Å². The summed E-state index contributed by atoms with van der Waals surface area (Å²) in [6.45, 7) is -0.183. The number of nitrogens with zero attached hydrogens (tertiary/aromatic N) is 1. The first kappa shape index (κ1) is 10.1. The lowest BCUT2D eigenvalue weighted by atomic mass is 9.97. The molecule has 0 atom stereocenters. The summed E-state index contributed by atoms with van der Waals surface area (Å²) in [6, 6.07) is 6.20. The highest BCUT2D eigenvalue weighted by Gasteiger charge is 2.36. The molecule has 0 N–H and O–H groups in total. The van der Waals surface area contributed by atoms with Gasteiger partial charge in [-0.05, 0) is 6.07 Å². The molecule has 1 aliphatic rings. The number of carbonyl (C=O) groups excluding carboxylic acids is 3. The zero-order valence-electron chi connectivity index (χ0n) is 8.27. The van der Waals surface area contributed by atoms with E-state index in [9.17, 15) is 14.4 Å². The van der Waals surface area contributed by atoms with E-state index in [0.717, 1.165) is 4.90 Å². The lowest BCUT2D eigenvalue weighted by Crippen LogP contribution is -2.46. The second-order valence-electron chi connectivity index (χ2n) is 3.28. The standard InChI is InChI=1S/C12H7NO3/c1-2-7-13-11(15)9-6-4-3-5-8(9)10(14)12(13)16/h1,3-6H,7H2. The predicted molar refractivity (Wildman–Crippen MR) is 55.6 cm³/mol. The number of amides is 2. The number of terminal acetylenes is 1. The Morgan fingerprint density at radius 1 is 1.06 bits per heavy atom. The SMILES string of the molecule is C#CCN1C(=O)C(=O)c2ccccc2C1=O. The quantitative estimate of drug-likeness (QED) is 0.387. The highest BCUT2D eigenvalue weighted by Crippen LogP contribution is 2.19. The molecule has 0 aromatic heterocycles. The molecule has 16 heavy (non-hydrogen) atoms. The average Bonchev–Trinajstić information content (AvgIpc) is 2.32. The Kier molecular flexibility index (Phi) is 2.29. The first-order chi connectivity index (χ1) is 7.66. The van der Waals surface area contributed by atoms with Crippen LogP contribution in [-0.2, 0) is 4.79 Å². The summed E-state index contributed by atoms with van der Waals surface area (Å²) < 4.78 is 0. The maximum atomic E-state index is 11.8. The molecule has 0 fully saturated rings. The van der Waals surface area contributed by atoms with E-state index >= 15 is 0 Å². The molecule has 1 aromatic carbocycles. The van der Waals surface area contributed by atoms with Crippen LogP contribution < -0.4 is 0 Å². The topological polar surface area (TPSA) is 54.5 Å². The van der Waals surface area contributed by atoms with Gasteiger partial charge < -0.3 is 0 Å². The number of imide groups is 1. The molecule has 0 aliphatic carbocycles. The van der Waals surface area contributed by atoms with E-state index in [-0.39, 0.29) is 17.7 Å². The lowest BCUT2D eigenvalue weighted by molar-refractivity contribution is -0.123. The van der Waals surface area contributed by atoms with Gasteiger partial charge >= 0.3 is 5.91 Å². The van der Waals surface area contributed by atoms with Crippen LogP contribution in [0.3, 0.4) is 0 Å². The second-order valence-corrected chi connectivity index (χ2v) is 3.28. The summed E-state index contributed by atoms with van der Waals surface area (Å²) in [5, 5.41) is 0. The van der Waals surface area contributed by atoms with Crippen LogP contribution in [0.4, 0.5) is 0 Å². The van der Waals surface area contributed by atoms with Gasteiger partial charge in [-0.15, -0.1) is 6.42 Å². The first-order valence-electron chi connectivity index (χ1n) is 4.60. The van der Waals surface area contributed by atoms with Gasteiger partial charge in [0.25, 0.3) is 11.7 Å². The largest absolute Gasteiger partial charge is 0.302 e. The maximum Gasteiger partial charge on any atom is 0.302 e. The Morgan fingerprint density at radius 2 is 1.69 bits per heavy atom. The fourth-order valence-electron chi connectivity index (χ4n) is 1.58. The Hall–Kier alpha value is -2.41. The molecule has 0 spiro atoms. The number of Topliss-reactive ketones (excluding diaryl/α,β-unsaturated/α-hetero) is 1. The first-order valence-corrected chi connectivity index (χ1v) is 4.60. The summed E-state index contributed by atoms with van der Waals surface area (Å²) in [5.74, 6) is 0.117. The van der Waals surface area contributed by atoms with Crippen LogP contribution in [0.15, 0.2) is 24.3 Å². The van der Waals surface area contributed by atoms with E-state index in [0.29, 0.717) is 0 Å². The smallest absolute Gasteiger partial charge is 0.283 e. The fraction of sp³-hybridized carbons (Fsp3) is 0.0833. The van der Waals surface area contributed by atoms with Gasteiger partial charge in [0.15, 0.2) is 0 Å². The normalized spacial score (nSPS) is 14.7. The fourth-order valence-corrected chi connectivity index (χ4v) is 1.58. The summed E-state index contributed by atoms with van der Waals surface area (Å²) in [5.41, 5.74) is 0.369. The van der Waals surface area contributed by atoms with Crippen LogP contribution in [0.1, 0.15) is 20.7 Å².